The van der Waals surface area contributed by atoms with Gasteiger partial charge in [-0.15, -0.1) is 0 Å². The number of hydrogen-bond donors (Lipinski definition) is 1. The van der Waals surface area contributed by atoms with Gasteiger partial charge in [0.05, 0.1) is 6.61 Å². The van der Waals surface area contributed by atoms with Crippen LogP contribution in [0.4, 0.5) is 0 Å². The number of rotatable bonds is 8. The van der Waals surface area contributed by atoms with E-state index in [1.54, 1.807) is 7.11 Å². The second-order valence-corrected chi connectivity index (χ2v) is 7.13. The van der Waals surface area contributed by atoms with Crippen molar-refractivity contribution >= 4 is 5.96 Å². The molecular formula is C23H32N4O2. The third-order valence-electron chi connectivity index (χ3n) is 5.06. The molecule has 0 aromatic heterocycles. The first-order chi connectivity index (χ1) is 14.3. The van der Waals surface area contributed by atoms with E-state index in [1.165, 1.54) is 11.1 Å². The Balaban J connectivity index is 1.42. The minimum atomic E-state index is 0.566. The third-order valence-corrected chi connectivity index (χ3v) is 5.06. The standard InChI is InChI=1S/C23H32N4O2/c1-24-23(25-18-20-8-10-22(11-9-20)29-17-16-28-2)27-14-12-26(13-15-27)19-21-6-4-3-5-7-21/h3-11H,12-19H2,1-2H3,(H,24,25). The lowest BCUT2D eigenvalue weighted by atomic mass is 10.2. The summed E-state index contributed by atoms with van der Waals surface area (Å²) in [7, 11) is 3.53. The van der Waals surface area contributed by atoms with Crippen LogP contribution in [0.1, 0.15) is 11.1 Å². The Morgan fingerprint density at radius 1 is 0.931 bits per heavy atom. The number of ether oxygens (including phenoxy) is 2. The van der Waals surface area contributed by atoms with E-state index >= 15 is 0 Å². The van der Waals surface area contributed by atoms with Crippen LogP contribution in [0, 0.1) is 0 Å². The van der Waals surface area contributed by atoms with E-state index in [2.05, 4.69) is 62.6 Å². The number of hydrogen-bond acceptors (Lipinski definition) is 4. The predicted octanol–water partition coefficient (Wildman–Crippen LogP) is 2.60. The largest absolute Gasteiger partial charge is 0.491 e. The van der Waals surface area contributed by atoms with Crippen LogP contribution in [-0.2, 0) is 17.8 Å². The molecule has 2 aromatic carbocycles. The Kier molecular flexibility index (Phi) is 8.34. The number of nitrogens with one attached hydrogen (secondary N) is 1. The fourth-order valence-corrected chi connectivity index (χ4v) is 3.42. The van der Waals surface area contributed by atoms with Gasteiger partial charge in [-0.3, -0.25) is 9.89 Å². The summed E-state index contributed by atoms with van der Waals surface area (Å²) < 4.78 is 10.6. The zero-order chi connectivity index (χ0) is 20.3. The van der Waals surface area contributed by atoms with Crippen LogP contribution in [-0.4, -0.2) is 69.3 Å². The molecule has 0 aliphatic carbocycles. The number of benzene rings is 2. The Hall–Kier alpha value is -2.57. The van der Waals surface area contributed by atoms with Gasteiger partial charge in [-0.2, -0.15) is 0 Å². The van der Waals surface area contributed by atoms with Gasteiger partial charge >= 0.3 is 0 Å². The maximum Gasteiger partial charge on any atom is 0.194 e. The van der Waals surface area contributed by atoms with E-state index in [9.17, 15) is 0 Å². The highest BCUT2D eigenvalue weighted by molar-refractivity contribution is 5.80. The maximum atomic E-state index is 5.61. The Bertz CT molecular complexity index is 741. The first kappa shape index (κ1) is 21.1. The molecule has 0 radical (unpaired) electrons. The zero-order valence-corrected chi connectivity index (χ0v) is 17.5. The van der Waals surface area contributed by atoms with Crippen molar-refractivity contribution in [3.8, 4) is 5.75 Å². The van der Waals surface area contributed by atoms with Gasteiger partial charge in [-0.1, -0.05) is 42.5 Å². The number of methoxy groups -OCH3 is 1. The van der Waals surface area contributed by atoms with Gasteiger partial charge < -0.3 is 19.7 Å². The van der Waals surface area contributed by atoms with E-state index in [1.807, 2.05) is 19.2 Å². The summed E-state index contributed by atoms with van der Waals surface area (Å²) in [5, 5.41) is 3.49. The molecule has 0 bridgehead atoms. The van der Waals surface area contributed by atoms with E-state index in [0.29, 0.717) is 13.2 Å². The van der Waals surface area contributed by atoms with E-state index in [0.717, 1.165) is 51.0 Å². The van der Waals surface area contributed by atoms with Crippen LogP contribution < -0.4 is 10.1 Å². The van der Waals surface area contributed by atoms with E-state index in [-0.39, 0.29) is 0 Å². The average Bonchev–Trinajstić information content (AvgIpc) is 2.77. The van der Waals surface area contributed by atoms with Crippen molar-refractivity contribution < 1.29 is 9.47 Å². The summed E-state index contributed by atoms with van der Waals surface area (Å²) in [6, 6.07) is 18.8. The van der Waals surface area contributed by atoms with Crippen LogP contribution in [0.5, 0.6) is 5.75 Å². The molecule has 0 saturated carbocycles. The van der Waals surface area contributed by atoms with Crippen molar-refractivity contribution in [3.05, 3.63) is 65.7 Å². The second kappa shape index (κ2) is 11.4. The lowest BCUT2D eigenvalue weighted by molar-refractivity contribution is 0.146. The van der Waals surface area contributed by atoms with E-state index < -0.39 is 0 Å². The van der Waals surface area contributed by atoms with Crippen LogP contribution in [0.25, 0.3) is 0 Å². The lowest BCUT2D eigenvalue weighted by Crippen LogP contribution is -2.52. The second-order valence-electron chi connectivity index (χ2n) is 7.13. The molecule has 0 unspecified atom stereocenters. The summed E-state index contributed by atoms with van der Waals surface area (Å²) >= 11 is 0. The highest BCUT2D eigenvalue weighted by Crippen LogP contribution is 2.13. The Labute approximate surface area is 174 Å². The van der Waals surface area contributed by atoms with Crippen molar-refractivity contribution in [3.63, 3.8) is 0 Å². The summed E-state index contributed by atoms with van der Waals surface area (Å²) in [4.78, 5) is 9.32. The van der Waals surface area contributed by atoms with Crippen molar-refractivity contribution in [2.75, 3.05) is 53.6 Å². The predicted molar refractivity (Wildman–Crippen MR) is 117 cm³/mol. The van der Waals surface area contributed by atoms with Crippen molar-refractivity contribution in [2.45, 2.75) is 13.1 Å². The van der Waals surface area contributed by atoms with Crippen molar-refractivity contribution in [1.82, 2.24) is 15.1 Å². The summed E-state index contributed by atoms with van der Waals surface area (Å²) in [6.07, 6.45) is 0. The molecule has 1 N–H and O–H groups in total. The van der Waals surface area contributed by atoms with Gasteiger partial charge in [-0.05, 0) is 23.3 Å². The van der Waals surface area contributed by atoms with Gasteiger partial charge in [0, 0.05) is 53.4 Å². The summed E-state index contributed by atoms with van der Waals surface area (Å²) in [5.74, 6) is 1.83. The fourth-order valence-electron chi connectivity index (χ4n) is 3.42. The minimum absolute atomic E-state index is 0.566. The number of nitrogens with zero attached hydrogens (tertiary/aromatic N) is 3. The lowest BCUT2D eigenvalue weighted by Gasteiger charge is -2.36. The number of piperazine rings is 1. The van der Waals surface area contributed by atoms with Gasteiger partial charge in [0.15, 0.2) is 5.96 Å². The Morgan fingerprint density at radius 2 is 1.66 bits per heavy atom. The highest BCUT2D eigenvalue weighted by atomic mass is 16.5. The molecule has 1 aliphatic heterocycles. The average molecular weight is 397 g/mol. The van der Waals surface area contributed by atoms with Gasteiger partial charge in [0.2, 0.25) is 0 Å². The molecule has 0 spiro atoms. The molecule has 1 aliphatic rings. The molecule has 2 aromatic rings. The van der Waals surface area contributed by atoms with Crippen molar-refractivity contribution in [1.29, 1.82) is 0 Å². The van der Waals surface area contributed by atoms with Crippen LogP contribution in [0.3, 0.4) is 0 Å². The Morgan fingerprint density at radius 3 is 2.31 bits per heavy atom. The molecule has 6 heteroatoms. The molecule has 29 heavy (non-hydrogen) atoms. The molecule has 1 heterocycles. The molecule has 0 amide bonds. The quantitative estimate of drug-likeness (QED) is 0.422. The van der Waals surface area contributed by atoms with Gasteiger partial charge in [0.1, 0.15) is 12.4 Å². The monoisotopic (exact) mass is 396 g/mol. The third kappa shape index (κ3) is 6.76. The number of guanidine groups is 1. The molecule has 6 nitrogen and oxygen atoms in total. The molecule has 1 saturated heterocycles. The summed E-state index contributed by atoms with van der Waals surface area (Å²) in [5.41, 5.74) is 2.58. The molecule has 0 atom stereocenters. The SMILES string of the molecule is CN=C(NCc1ccc(OCCOC)cc1)N1CCN(Cc2ccccc2)CC1. The molecule has 1 fully saturated rings. The molecular weight excluding hydrogens is 364 g/mol. The fraction of sp³-hybridized carbons (Fsp3) is 0.435. The summed E-state index contributed by atoms with van der Waals surface area (Å²) in [6.45, 7) is 6.98. The first-order valence-corrected chi connectivity index (χ1v) is 10.2. The normalized spacial score (nSPS) is 15.4. The number of aliphatic imine (C=N–C) groups is 1. The smallest absolute Gasteiger partial charge is 0.194 e. The van der Waals surface area contributed by atoms with E-state index in [4.69, 9.17) is 9.47 Å². The maximum absolute atomic E-state index is 5.61. The van der Waals surface area contributed by atoms with Crippen molar-refractivity contribution in [2.24, 2.45) is 4.99 Å². The molecule has 3 rings (SSSR count). The van der Waals surface area contributed by atoms with Crippen LogP contribution in [0.2, 0.25) is 0 Å². The van der Waals surface area contributed by atoms with Gasteiger partial charge in [-0.25, -0.2) is 0 Å². The minimum Gasteiger partial charge on any atom is -0.491 e. The van der Waals surface area contributed by atoms with Crippen LogP contribution >= 0.6 is 0 Å². The molecule has 156 valence electrons. The topological polar surface area (TPSA) is 49.3 Å². The highest BCUT2D eigenvalue weighted by Gasteiger charge is 2.19. The zero-order valence-electron chi connectivity index (χ0n) is 17.5. The first-order valence-electron chi connectivity index (χ1n) is 10.2. The van der Waals surface area contributed by atoms with Crippen LogP contribution in [0.15, 0.2) is 59.6 Å². The van der Waals surface area contributed by atoms with Gasteiger partial charge in [0.25, 0.3) is 0 Å².